The second kappa shape index (κ2) is 6.92. The molecule has 1 aromatic carbocycles. The summed E-state index contributed by atoms with van der Waals surface area (Å²) < 4.78 is 22.0. The smallest absolute Gasteiger partial charge is 0.171 e. The summed E-state index contributed by atoms with van der Waals surface area (Å²) in [7, 11) is 0. The van der Waals surface area contributed by atoms with Crippen LogP contribution in [0.2, 0.25) is 0 Å². The molecule has 0 saturated carbocycles. The van der Waals surface area contributed by atoms with Crippen LogP contribution in [-0.2, 0) is 19.3 Å². The van der Waals surface area contributed by atoms with Crippen LogP contribution in [0.3, 0.4) is 0 Å². The van der Waals surface area contributed by atoms with E-state index < -0.39 is 0 Å². The molecule has 0 amide bonds. The number of halogens is 1. The molecular weight excluding hydrogens is 369 g/mol. The normalized spacial score (nSPS) is 12.9. The highest BCUT2D eigenvalue weighted by Gasteiger charge is 2.21. The van der Waals surface area contributed by atoms with Crippen molar-refractivity contribution >= 4 is 5.65 Å². The lowest BCUT2D eigenvalue weighted by Crippen LogP contribution is -2.08. The number of aromatic nitrogens is 5. The molecule has 0 unspecified atom stereocenters. The molecule has 6 nitrogen and oxygen atoms in total. The van der Waals surface area contributed by atoms with E-state index in [0.29, 0.717) is 25.0 Å². The van der Waals surface area contributed by atoms with E-state index in [1.807, 2.05) is 30.4 Å². The quantitative estimate of drug-likeness (QED) is 0.533. The molecule has 0 bridgehead atoms. The Morgan fingerprint density at radius 2 is 2.03 bits per heavy atom. The maximum absolute atomic E-state index is 14.5. The van der Waals surface area contributed by atoms with Gasteiger partial charge in [-0.15, -0.1) is 10.2 Å². The first-order chi connectivity index (χ1) is 14.1. The Bertz CT molecular complexity index is 1230. The SMILES string of the molecule is Cc1ncccc1-c1c(C)nc(CCc2c(F)ccc3c2CCO3)n2cnnc12. The van der Waals surface area contributed by atoms with Gasteiger partial charge in [-0.1, -0.05) is 6.07 Å². The number of nitrogens with zero attached hydrogens (tertiary/aromatic N) is 5. The van der Waals surface area contributed by atoms with Crippen molar-refractivity contribution in [2.75, 3.05) is 6.61 Å². The van der Waals surface area contributed by atoms with Gasteiger partial charge in [0, 0.05) is 35.9 Å². The Balaban J connectivity index is 1.55. The van der Waals surface area contributed by atoms with E-state index in [1.54, 1.807) is 18.6 Å². The molecule has 4 heterocycles. The van der Waals surface area contributed by atoms with Gasteiger partial charge in [0.1, 0.15) is 23.7 Å². The van der Waals surface area contributed by atoms with Crippen LogP contribution in [0.1, 0.15) is 28.3 Å². The number of fused-ring (bicyclic) bond motifs is 2. The van der Waals surface area contributed by atoms with E-state index in [1.165, 1.54) is 6.07 Å². The fourth-order valence-corrected chi connectivity index (χ4v) is 4.12. The zero-order chi connectivity index (χ0) is 20.0. The van der Waals surface area contributed by atoms with E-state index in [4.69, 9.17) is 9.72 Å². The Morgan fingerprint density at radius 1 is 1.14 bits per heavy atom. The van der Waals surface area contributed by atoms with Crippen LogP contribution < -0.4 is 4.74 Å². The zero-order valence-electron chi connectivity index (χ0n) is 16.3. The standard InChI is InChI=1S/C22H20FN5O/c1-13-15(4-3-10-24-13)21-14(2)26-20(28-12-25-27-22(21)28)8-5-16-17-9-11-29-19(17)7-6-18(16)23/h3-4,6-7,10,12H,5,8-9,11H2,1-2H3. The van der Waals surface area contributed by atoms with Crippen molar-refractivity contribution < 1.29 is 9.13 Å². The molecule has 3 aromatic heterocycles. The van der Waals surface area contributed by atoms with Crippen molar-refractivity contribution in [2.45, 2.75) is 33.1 Å². The molecule has 0 spiro atoms. The van der Waals surface area contributed by atoms with Crippen LogP contribution in [0.25, 0.3) is 16.8 Å². The van der Waals surface area contributed by atoms with Crippen LogP contribution in [0, 0.1) is 19.7 Å². The highest BCUT2D eigenvalue weighted by Crippen LogP contribution is 2.32. The number of aryl methyl sites for hydroxylation is 3. The molecule has 0 radical (unpaired) electrons. The third-order valence-electron chi connectivity index (χ3n) is 5.52. The van der Waals surface area contributed by atoms with Crippen molar-refractivity contribution in [1.82, 2.24) is 24.6 Å². The average Bonchev–Trinajstić information content (AvgIpc) is 3.37. The number of hydrogen-bond acceptors (Lipinski definition) is 5. The summed E-state index contributed by atoms with van der Waals surface area (Å²) in [4.78, 5) is 9.22. The predicted octanol–water partition coefficient (Wildman–Crippen LogP) is 3.66. The lowest BCUT2D eigenvalue weighted by molar-refractivity contribution is 0.356. The van der Waals surface area contributed by atoms with Crippen LogP contribution in [0.5, 0.6) is 5.75 Å². The molecule has 146 valence electrons. The van der Waals surface area contributed by atoms with Crippen molar-refractivity contribution in [1.29, 1.82) is 0 Å². The predicted molar refractivity (Wildman–Crippen MR) is 106 cm³/mol. The van der Waals surface area contributed by atoms with Gasteiger partial charge in [0.25, 0.3) is 0 Å². The van der Waals surface area contributed by atoms with E-state index in [9.17, 15) is 4.39 Å². The summed E-state index contributed by atoms with van der Waals surface area (Å²) >= 11 is 0. The van der Waals surface area contributed by atoms with Gasteiger partial charge in [-0.05, 0) is 44.0 Å². The highest BCUT2D eigenvalue weighted by atomic mass is 19.1. The molecule has 4 aromatic rings. The van der Waals surface area contributed by atoms with Crippen molar-refractivity contribution in [3.8, 4) is 16.9 Å². The van der Waals surface area contributed by atoms with E-state index in [-0.39, 0.29) is 5.82 Å². The van der Waals surface area contributed by atoms with Crippen LogP contribution >= 0.6 is 0 Å². The van der Waals surface area contributed by atoms with Gasteiger partial charge in [0.2, 0.25) is 0 Å². The summed E-state index contributed by atoms with van der Waals surface area (Å²) in [5, 5.41) is 8.45. The van der Waals surface area contributed by atoms with Crippen LogP contribution in [-0.4, -0.2) is 31.2 Å². The Morgan fingerprint density at radius 3 is 2.90 bits per heavy atom. The Kier molecular flexibility index (Phi) is 4.23. The van der Waals surface area contributed by atoms with Gasteiger partial charge in [0.05, 0.1) is 17.9 Å². The molecule has 0 N–H and O–H groups in total. The molecule has 7 heteroatoms. The minimum Gasteiger partial charge on any atom is -0.493 e. The van der Waals surface area contributed by atoms with Gasteiger partial charge in [-0.3, -0.25) is 9.38 Å². The van der Waals surface area contributed by atoms with E-state index >= 15 is 0 Å². The van der Waals surface area contributed by atoms with Crippen molar-refractivity contribution in [3.05, 3.63) is 70.9 Å². The number of hydrogen-bond donors (Lipinski definition) is 0. The van der Waals surface area contributed by atoms with Gasteiger partial charge < -0.3 is 4.74 Å². The van der Waals surface area contributed by atoms with Crippen LogP contribution in [0.15, 0.2) is 36.8 Å². The monoisotopic (exact) mass is 389 g/mol. The number of ether oxygens (including phenoxy) is 1. The zero-order valence-corrected chi connectivity index (χ0v) is 16.3. The molecule has 1 aliphatic rings. The van der Waals surface area contributed by atoms with Crippen molar-refractivity contribution in [2.24, 2.45) is 0 Å². The number of rotatable bonds is 4. The Labute approximate surface area is 167 Å². The second-order valence-electron chi connectivity index (χ2n) is 7.25. The number of benzene rings is 1. The maximum atomic E-state index is 14.5. The first kappa shape index (κ1) is 17.7. The summed E-state index contributed by atoms with van der Waals surface area (Å²) in [6.07, 6.45) is 5.31. The molecule has 1 aliphatic heterocycles. The van der Waals surface area contributed by atoms with E-state index in [0.717, 1.165) is 51.7 Å². The highest BCUT2D eigenvalue weighted by molar-refractivity contribution is 5.80. The first-order valence-corrected chi connectivity index (χ1v) is 9.67. The minimum atomic E-state index is -0.187. The van der Waals surface area contributed by atoms with Gasteiger partial charge >= 0.3 is 0 Å². The topological polar surface area (TPSA) is 65.2 Å². The maximum Gasteiger partial charge on any atom is 0.171 e. The molecule has 0 aliphatic carbocycles. The first-order valence-electron chi connectivity index (χ1n) is 9.67. The molecule has 5 rings (SSSR count). The molecular formula is C22H20FN5O. The fraction of sp³-hybridized carbons (Fsp3) is 0.273. The molecule has 0 fully saturated rings. The minimum absolute atomic E-state index is 0.187. The molecule has 0 saturated heterocycles. The Hall–Kier alpha value is -3.35. The summed E-state index contributed by atoms with van der Waals surface area (Å²) in [5.74, 6) is 1.42. The average molecular weight is 389 g/mol. The second-order valence-corrected chi connectivity index (χ2v) is 7.25. The summed E-state index contributed by atoms with van der Waals surface area (Å²) in [5.41, 5.74) is 6.13. The molecule has 0 atom stereocenters. The van der Waals surface area contributed by atoms with Gasteiger partial charge in [-0.25, -0.2) is 9.37 Å². The summed E-state index contributed by atoms with van der Waals surface area (Å²) in [6.45, 7) is 4.54. The largest absolute Gasteiger partial charge is 0.493 e. The third kappa shape index (κ3) is 2.93. The fourth-order valence-electron chi connectivity index (χ4n) is 4.12. The van der Waals surface area contributed by atoms with Gasteiger partial charge in [0.15, 0.2) is 5.65 Å². The lowest BCUT2D eigenvalue weighted by atomic mass is 9.99. The van der Waals surface area contributed by atoms with Gasteiger partial charge in [-0.2, -0.15) is 0 Å². The lowest BCUT2D eigenvalue weighted by Gasteiger charge is -2.13. The van der Waals surface area contributed by atoms with Crippen molar-refractivity contribution in [3.63, 3.8) is 0 Å². The number of pyridine rings is 1. The molecule has 29 heavy (non-hydrogen) atoms. The summed E-state index contributed by atoms with van der Waals surface area (Å²) in [6, 6.07) is 7.13. The van der Waals surface area contributed by atoms with Crippen LogP contribution in [0.4, 0.5) is 4.39 Å². The third-order valence-corrected chi connectivity index (χ3v) is 5.52. The van der Waals surface area contributed by atoms with E-state index in [2.05, 4.69) is 15.2 Å².